The largest absolute Gasteiger partial charge is 0.400 e. The van der Waals surface area contributed by atoms with Gasteiger partial charge in [0.15, 0.2) is 9.84 Å². The first kappa shape index (κ1) is 42.3. The molecule has 2 aromatic rings. The molecular weight excluding hydrogens is 576 g/mol. The summed E-state index contributed by atoms with van der Waals surface area (Å²) < 4.78 is 55.7. The lowest BCUT2D eigenvalue weighted by atomic mass is 10.0. The molecule has 0 unspecified atom stereocenters. The molecule has 244 valence electrons. The third kappa shape index (κ3) is 20.6. The van der Waals surface area contributed by atoms with Gasteiger partial charge >= 0.3 is 0 Å². The van der Waals surface area contributed by atoms with E-state index < -0.39 is 21.5 Å². The number of hydrogen-bond acceptors (Lipinski definition) is 7. The number of ether oxygens (including phenoxy) is 1. The first-order valence-corrected chi connectivity index (χ1v) is 16.1. The van der Waals surface area contributed by atoms with Crippen LogP contribution in [0.25, 0.3) is 0 Å². The molecule has 0 saturated carbocycles. The molecule has 2 rings (SSSR count). The second-order valence-corrected chi connectivity index (χ2v) is 11.9. The predicted molar refractivity (Wildman–Crippen MR) is 171 cm³/mol. The molecule has 2 aromatic carbocycles. The van der Waals surface area contributed by atoms with Crippen LogP contribution in [-0.2, 0) is 38.8 Å². The monoisotopic (exact) mass is 627 g/mol. The number of halogens is 2. The SMILES string of the molecule is C#C.CCCCS(=O)(=O)CCC(=O)N(CC[C@@H](N)CCc1cc(F)cc(F)c1)Cc1cccc(CC)c1.CO.COCN. The Hall–Kier alpha value is -2.88. The van der Waals surface area contributed by atoms with E-state index in [4.69, 9.17) is 16.6 Å². The molecule has 0 spiro atoms. The van der Waals surface area contributed by atoms with Crippen molar-refractivity contribution in [3.63, 3.8) is 0 Å². The van der Waals surface area contributed by atoms with Crippen molar-refractivity contribution in [3.05, 3.63) is 70.8 Å². The molecule has 0 bridgehead atoms. The number of methoxy groups -OCH3 is 1. The maximum absolute atomic E-state index is 13.4. The third-order valence-corrected chi connectivity index (χ3v) is 7.96. The van der Waals surface area contributed by atoms with Gasteiger partial charge in [0.2, 0.25) is 5.91 Å². The number of rotatable bonds is 16. The summed E-state index contributed by atoms with van der Waals surface area (Å²) in [5.41, 5.74) is 13.8. The molecule has 1 amide bonds. The van der Waals surface area contributed by atoms with Crippen LogP contribution in [0.1, 0.15) is 62.6 Å². The zero-order valence-electron chi connectivity index (χ0n) is 26.1. The molecule has 5 N–H and O–H groups in total. The highest BCUT2D eigenvalue weighted by Crippen LogP contribution is 2.14. The number of aliphatic hydroxyl groups is 1. The number of hydrogen-bond donors (Lipinski definition) is 3. The van der Waals surface area contributed by atoms with Gasteiger partial charge in [-0.25, -0.2) is 17.2 Å². The first-order valence-electron chi connectivity index (χ1n) is 14.3. The fourth-order valence-electron chi connectivity index (χ4n) is 3.90. The van der Waals surface area contributed by atoms with Gasteiger partial charge in [0.1, 0.15) is 11.6 Å². The van der Waals surface area contributed by atoms with Crippen molar-refractivity contribution >= 4 is 15.7 Å². The second-order valence-electron chi connectivity index (χ2n) is 9.56. The van der Waals surface area contributed by atoms with Crippen molar-refractivity contribution in [1.82, 2.24) is 4.90 Å². The van der Waals surface area contributed by atoms with E-state index in [0.29, 0.717) is 51.1 Å². The number of sulfone groups is 1. The Morgan fingerprint density at radius 1 is 1.00 bits per heavy atom. The molecule has 0 heterocycles. The average molecular weight is 628 g/mol. The molecule has 0 aliphatic heterocycles. The van der Waals surface area contributed by atoms with Crippen LogP contribution in [-0.4, -0.2) is 69.4 Å². The van der Waals surface area contributed by atoms with Crippen LogP contribution < -0.4 is 11.5 Å². The Labute approximate surface area is 257 Å². The molecule has 1 atom stereocenters. The topological polar surface area (TPSA) is 136 Å². The number of aryl methyl sites for hydroxylation is 2. The minimum absolute atomic E-state index is 0.0582. The summed E-state index contributed by atoms with van der Waals surface area (Å²) >= 11 is 0. The van der Waals surface area contributed by atoms with Gasteiger partial charge in [0.05, 0.1) is 18.2 Å². The maximum Gasteiger partial charge on any atom is 0.223 e. The molecule has 0 aliphatic carbocycles. The number of terminal acetylenes is 1. The third-order valence-electron chi connectivity index (χ3n) is 6.22. The standard InChI is InChI=1S/C27H38F2N2O3S.C2H7NO.C2H2.CH4O/c1-3-5-14-35(33,34)15-12-27(32)31(20-23-8-6-7-21(4-2)16-23)13-11-26(30)10-9-22-17-24(28)19-25(29)18-22;1-4-2-3;2*1-2/h6-8,16-19,26H,3-5,9-15,20,30H2,1-2H3;2-3H2,1H3;1-2H;2H,1H3/t26-;;;/m0.../s1. The minimum Gasteiger partial charge on any atom is -0.400 e. The van der Waals surface area contributed by atoms with Crippen molar-refractivity contribution in [3.8, 4) is 12.8 Å². The molecule has 43 heavy (non-hydrogen) atoms. The highest BCUT2D eigenvalue weighted by atomic mass is 32.2. The molecule has 0 aliphatic rings. The molecule has 0 saturated heterocycles. The number of unbranched alkanes of at least 4 members (excludes halogenated alkanes) is 1. The lowest BCUT2D eigenvalue weighted by molar-refractivity contribution is -0.131. The Kier molecular flexibility index (Phi) is 25.2. The van der Waals surface area contributed by atoms with Crippen molar-refractivity contribution < 1.29 is 31.8 Å². The zero-order valence-corrected chi connectivity index (χ0v) is 26.9. The van der Waals surface area contributed by atoms with Crippen LogP contribution in [0.3, 0.4) is 0 Å². The van der Waals surface area contributed by atoms with E-state index in [2.05, 4.69) is 30.6 Å². The number of nitrogens with zero attached hydrogens (tertiary/aromatic N) is 1. The van der Waals surface area contributed by atoms with Crippen LogP contribution >= 0.6 is 0 Å². The number of carbonyl (C=O) groups is 1. The highest BCUT2D eigenvalue weighted by molar-refractivity contribution is 7.91. The van der Waals surface area contributed by atoms with Crippen LogP contribution in [0.5, 0.6) is 0 Å². The molecule has 0 aromatic heterocycles. The summed E-state index contributed by atoms with van der Waals surface area (Å²) in [4.78, 5) is 14.7. The van der Waals surface area contributed by atoms with Crippen molar-refractivity contribution in [2.24, 2.45) is 11.5 Å². The molecule has 0 fully saturated rings. The van der Waals surface area contributed by atoms with Gasteiger partial charge in [-0.2, -0.15) is 0 Å². The van der Waals surface area contributed by atoms with Gasteiger partial charge in [0.25, 0.3) is 0 Å². The van der Waals surface area contributed by atoms with E-state index in [1.165, 1.54) is 12.1 Å². The summed E-state index contributed by atoms with van der Waals surface area (Å²) in [6, 6.07) is 11.1. The summed E-state index contributed by atoms with van der Waals surface area (Å²) in [5.74, 6) is -1.51. The lowest BCUT2D eigenvalue weighted by Gasteiger charge is -2.25. The quantitative estimate of drug-likeness (QED) is 0.187. The van der Waals surface area contributed by atoms with Crippen LogP contribution in [0.2, 0.25) is 0 Å². The van der Waals surface area contributed by atoms with Gasteiger partial charge in [0, 0.05) is 45.8 Å². The highest BCUT2D eigenvalue weighted by Gasteiger charge is 2.19. The Morgan fingerprint density at radius 3 is 2.12 bits per heavy atom. The second kappa shape index (κ2) is 25.6. The zero-order chi connectivity index (χ0) is 33.3. The van der Waals surface area contributed by atoms with Gasteiger partial charge in [-0.1, -0.05) is 44.5 Å². The number of aliphatic hydroxyl groups excluding tert-OH is 1. The van der Waals surface area contributed by atoms with E-state index >= 15 is 0 Å². The van der Waals surface area contributed by atoms with Gasteiger partial charge in [-0.05, 0) is 60.9 Å². The molecule has 8 nitrogen and oxygen atoms in total. The minimum atomic E-state index is -3.27. The predicted octanol–water partition coefficient (Wildman–Crippen LogP) is 4.22. The van der Waals surface area contributed by atoms with Crippen LogP contribution in [0.15, 0.2) is 42.5 Å². The fraction of sp³-hybridized carbons (Fsp3) is 0.531. The molecular formula is C32H51F2N3O5S. The van der Waals surface area contributed by atoms with E-state index in [0.717, 1.165) is 37.1 Å². The van der Waals surface area contributed by atoms with Crippen LogP contribution in [0, 0.1) is 24.5 Å². The van der Waals surface area contributed by atoms with E-state index in [1.54, 1.807) is 12.0 Å². The number of carbonyl (C=O) groups excluding carboxylic acids is 1. The Morgan fingerprint density at radius 2 is 1.58 bits per heavy atom. The maximum atomic E-state index is 13.4. The van der Waals surface area contributed by atoms with E-state index in [-0.39, 0.29) is 29.9 Å². The number of amides is 1. The smallest absolute Gasteiger partial charge is 0.223 e. The van der Waals surface area contributed by atoms with Crippen molar-refractivity contribution in [2.75, 3.05) is 39.0 Å². The van der Waals surface area contributed by atoms with E-state index in [9.17, 15) is 22.0 Å². The Balaban J connectivity index is 0. The fourth-order valence-corrected chi connectivity index (χ4v) is 5.32. The normalized spacial score (nSPS) is 11.0. The summed E-state index contributed by atoms with van der Waals surface area (Å²) in [6.07, 6.45) is 11.6. The average Bonchev–Trinajstić information content (AvgIpc) is 3.01. The van der Waals surface area contributed by atoms with Gasteiger partial charge in [-0.3, -0.25) is 4.79 Å². The number of benzene rings is 2. The Bertz CT molecular complexity index is 1120. The number of nitrogens with two attached hydrogens (primary N) is 2. The molecule has 11 heteroatoms. The van der Waals surface area contributed by atoms with Gasteiger partial charge in [-0.15, -0.1) is 12.8 Å². The van der Waals surface area contributed by atoms with Crippen molar-refractivity contribution in [2.45, 2.75) is 71.4 Å². The van der Waals surface area contributed by atoms with Crippen LogP contribution in [0.4, 0.5) is 8.78 Å². The summed E-state index contributed by atoms with van der Waals surface area (Å²) in [7, 11) is -0.711. The van der Waals surface area contributed by atoms with Gasteiger partial charge < -0.3 is 26.2 Å². The van der Waals surface area contributed by atoms with E-state index in [1.807, 2.05) is 25.1 Å². The first-order chi connectivity index (χ1) is 20.5. The lowest BCUT2D eigenvalue weighted by Crippen LogP contribution is -2.36. The molecule has 0 radical (unpaired) electrons. The van der Waals surface area contributed by atoms with Crippen molar-refractivity contribution in [1.29, 1.82) is 0 Å². The summed E-state index contributed by atoms with van der Waals surface area (Å²) in [6.45, 7) is 5.07. The summed E-state index contributed by atoms with van der Waals surface area (Å²) in [5, 5.41) is 7.00.